The molecule has 21 heavy (non-hydrogen) atoms. The molecule has 1 atom stereocenters. The quantitative estimate of drug-likeness (QED) is 0.920. The summed E-state index contributed by atoms with van der Waals surface area (Å²) in [6.45, 7) is 6.41. The van der Waals surface area contributed by atoms with Gasteiger partial charge in [0.1, 0.15) is 6.04 Å². The number of nitrogens with one attached hydrogen (secondary N) is 1. The zero-order valence-corrected chi connectivity index (χ0v) is 13.5. The molecule has 0 aromatic carbocycles. The number of hydrogen-bond acceptors (Lipinski definition) is 3. The van der Waals surface area contributed by atoms with Gasteiger partial charge >= 0.3 is 0 Å². The van der Waals surface area contributed by atoms with E-state index in [9.17, 15) is 4.79 Å². The van der Waals surface area contributed by atoms with Crippen molar-refractivity contribution in [1.29, 1.82) is 0 Å². The highest BCUT2D eigenvalue weighted by atomic mass is 35.5. The minimum absolute atomic E-state index is 0.00793. The van der Waals surface area contributed by atoms with Gasteiger partial charge in [-0.3, -0.25) is 14.6 Å². The van der Waals surface area contributed by atoms with Crippen molar-refractivity contribution < 1.29 is 4.79 Å². The van der Waals surface area contributed by atoms with E-state index >= 15 is 0 Å². The zero-order valence-electron chi connectivity index (χ0n) is 12.7. The highest BCUT2D eigenvalue weighted by molar-refractivity contribution is 6.30. The maximum atomic E-state index is 12.4. The minimum atomic E-state index is -0.367. The monoisotopic (exact) mass is 309 g/mol. The number of halogens is 1. The number of likely N-dealkylation sites (N-methyl/N-ethyl adjacent to an activating group) is 1. The normalized spacial score (nSPS) is 12.4. The topological polar surface area (TPSA) is 66.8 Å². The first-order valence-electron chi connectivity index (χ1n) is 6.85. The number of carbonyl (C=O) groups is 1. The first-order valence-corrected chi connectivity index (χ1v) is 7.23. The summed E-state index contributed by atoms with van der Waals surface area (Å²) in [7, 11) is 1.80. The standard InChI is InChI=1S/C14H20ClN5O/c1-9-13(10(2)18-17-9)5-6-19(4)14(21)11(3)20-8-12(15)7-16-20/h7-8,11H,5-6H2,1-4H3,(H,17,18)/t11-/m1/s1. The summed E-state index contributed by atoms with van der Waals surface area (Å²) < 4.78 is 1.58. The molecule has 2 rings (SSSR count). The summed E-state index contributed by atoms with van der Waals surface area (Å²) >= 11 is 5.83. The molecule has 2 aromatic rings. The van der Waals surface area contributed by atoms with Gasteiger partial charge < -0.3 is 4.90 Å². The molecule has 0 fully saturated rings. The Kier molecular flexibility index (Phi) is 4.67. The Balaban J connectivity index is 1.96. The summed E-state index contributed by atoms with van der Waals surface area (Å²) in [6.07, 6.45) is 3.97. The second-order valence-corrected chi connectivity index (χ2v) is 5.67. The number of H-pyrrole nitrogens is 1. The molecule has 0 spiro atoms. The van der Waals surface area contributed by atoms with Gasteiger partial charge in [0.05, 0.1) is 16.9 Å². The van der Waals surface area contributed by atoms with Crippen LogP contribution in [-0.2, 0) is 11.2 Å². The molecule has 0 saturated carbocycles. The fourth-order valence-electron chi connectivity index (χ4n) is 2.29. The average molecular weight is 310 g/mol. The van der Waals surface area contributed by atoms with Crippen LogP contribution in [0, 0.1) is 13.8 Å². The van der Waals surface area contributed by atoms with E-state index in [0.29, 0.717) is 11.6 Å². The molecule has 0 aliphatic rings. The lowest BCUT2D eigenvalue weighted by atomic mass is 10.1. The number of nitrogens with zero attached hydrogens (tertiary/aromatic N) is 4. The second kappa shape index (κ2) is 6.30. The predicted octanol–water partition coefficient (Wildman–Crippen LogP) is 2.14. The number of rotatable bonds is 5. The first-order chi connectivity index (χ1) is 9.90. The van der Waals surface area contributed by atoms with Crippen LogP contribution in [0.25, 0.3) is 0 Å². The van der Waals surface area contributed by atoms with E-state index in [1.165, 1.54) is 11.8 Å². The van der Waals surface area contributed by atoms with Crippen LogP contribution in [0.2, 0.25) is 5.02 Å². The van der Waals surface area contributed by atoms with E-state index in [0.717, 1.165) is 17.8 Å². The third-order valence-electron chi connectivity index (χ3n) is 3.68. The average Bonchev–Trinajstić information content (AvgIpc) is 3.02. The van der Waals surface area contributed by atoms with Crippen molar-refractivity contribution in [2.75, 3.05) is 13.6 Å². The van der Waals surface area contributed by atoms with Gasteiger partial charge in [0.15, 0.2) is 0 Å². The third-order valence-corrected chi connectivity index (χ3v) is 3.87. The molecule has 7 heteroatoms. The summed E-state index contributed by atoms with van der Waals surface area (Å²) in [5.41, 5.74) is 3.21. The van der Waals surface area contributed by atoms with Crippen LogP contribution in [0.3, 0.4) is 0 Å². The summed E-state index contributed by atoms with van der Waals surface area (Å²) in [4.78, 5) is 14.1. The maximum absolute atomic E-state index is 12.4. The molecular weight excluding hydrogens is 290 g/mol. The molecule has 1 N–H and O–H groups in total. The summed E-state index contributed by atoms with van der Waals surface area (Å²) in [6, 6.07) is -0.367. The summed E-state index contributed by atoms with van der Waals surface area (Å²) in [5, 5.41) is 11.7. The SMILES string of the molecule is Cc1n[nH]c(C)c1CCN(C)C(=O)[C@@H](C)n1cc(Cl)cn1. The van der Waals surface area contributed by atoms with Gasteiger partial charge in [-0.15, -0.1) is 0 Å². The lowest BCUT2D eigenvalue weighted by molar-refractivity contribution is -0.133. The second-order valence-electron chi connectivity index (χ2n) is 5.24. The van der Waals surface area contributed by atoms with Crippen molar-refractivity contribution in [2.24, 2.45) is 0 Å². The molecule has 6 nitrogen and oxygen atoms in total. The Labute approximate surface area is 129 Å². The van der Waals surface area contributed by atoms with Gasteiger partial charge in [-0.2, -0.15) is 10.2 Å². The number of amides is 1. The van der Waals surface area contributed by atoms with Gasteiger partial charge in [-0.25, -0.2) is 0 Å². The molecule has 2 aromatic heterocycles. The summed E-state index contributed by atoms with van der Waals surface area (Å²) in [5.74, 6) is 0.00793. The van der Waals surface area contributed by atoms with Crippen molar-refractivity contribution in [3.8, 4) is 0 Å². The Morgan fingerprint density at radius 3 is 2.76 bits per heavy atom. The van der Waals surface area contributed by atoms with Crippen LogP contribution in [0.5, 0.6) is 0 Å². The highest BCUT2D eigenvalue weighted by Gasteiger charge is 2.20. The smallest absolute Gasteiger partial charge is 0.246 e. The minimum Gasteiger partial charge on any atom is -0.344 e. The first kappa shape index (κ1) is 15.6. The van der Waals surface area contributed by atoms with Gasteiger partial charge in [0.25, 0.3) is 0 Å². The Bertz CT molecular complexity index is 614. The molecule has 0 aliphatic carbocycles. The van der Waals surface area contributed by atoms with Gasteiger partial charge in [0.2, 0.25) is 5.91 Å². The highest BCUT2D eigenvalue weighted by Crippen LogP contribution is 2.14. The van der Waals surface area contributed by atoms with Crippen molar-refractivity contribution in [2.45, 2.75) is 33.2 Å². The molecular formula is C14H20ClN5O. The van der Waals surface area contributed by atoms with E-state index in [1.807, 2.05) is 20.8 Å². The van der Waals surface area contributed by atoms with Crippen LogP contribution in [0.15, 0.2) is 12.4 Å². The zero-order chi connectivity index (χ0) is 15.6. The number of aromatic amines is 1. The molecule has 0 bridgehead atoms. The molecule has 1 amide bonds. The van der Waals surface area contributed by atoms with Crippen LogP contribution >= 0.6 is 11.6 Å². The van der Waals surface area contributed by atoms with Crippen molar-refractivity contribution in [3.63, 3.8) is 0 Å². The Hall–Kier alpha value is -1.82. The van der Waals surface area contributed by atoms with E-state index < -0.39 is 0 Å². The molecule has 114 valence electrons. The van der Waals surface area contributed by atoms with Crippen molar-refractivity contribution >= 4 is 17.5 Å². The van der Waals surface area contributed by atoms with Gasteiger partial charge in [-0.05, 0) is 32.8 Å². The van der Waals surface area contributed by atoms with Crippen LogP contribution < -0.4 is 0 Å². The third kappa shape index (κ3) is 3.44. The Morgan fingerprint density at radius 1 is 1.52 bits per heavy atom. The lowest BCUT2D eigenvalue weighted by Gasteiger charge is -2.21. The van der Waals surface area contributed by atoms with E-state index in [4.69, 9.17) is 11.6 Å². The van der Waals surface area contributed by atoms with E-state index in [1.54, 1.807) is 22.8 Å². The van der Waals surface area contributed by atoms with Gasteiger partial charge in [-0.1, -0.05) is 11.6 Å². The number of carbonyl (C=O) groups excluding carboxylic acids is 1. The van der Waals surface area contributed by atoms with E-state index in [-0.39, 0.29) is 11.9 Å². The number of aromatic nitrogens is 4. The fraction of sp³-hybridized carbons (Fsp3) is 0.500. The van der Waals surface area contributed by atoms with Gasteiger partial charge in [0, 0.05) is 25.5 Å². The molecule has 0 saturated heterocycles. The maximum Gasteiger partial charge on any atom is 0.246 e. The molecule has 2 heterocycles. The van der Waals surface area contributed by atoms with Crippen molar-refractivity contribution in [1.82, 2.24) is 24.9 Å². The predicted molar refractivity (Wildman–Crippen MR) is 81.4 cm³/mol. The Morgan fingerprint density at radius 2 is 2.24 bits per heavy atom. The number of hydrogen-bond donors (Lipinski definition) is 1. The fourth-order valence-corrected chi connectivity index (χ4v) is 2.43. The number of aryl methyl sites for hydroxylation is 2. The lowest BCUT2D eigenvalue weighted by Crippen LogP contribution is -2.34. The van der Waals surface area contributed by atoms with Crippen LogP contribution in [0.1, 0.15) is 29.9 Å². The molecule has 0 unspecified atom stereocenters. The van der Waals surface area contributed by atoms with Crippen molar-refractivity contribution in [3.05, 3.63) is 34.4 Å². The van der Waals surface area contributed by atoms with Crippen LogP contribution in [0.4, 0.5) is 0 Å². The largest absolute Gasteiger partial charge is 0.344 e. The van der Waals surface area contributed by atoms with E-state index in [2.05, 4.69) is 15.3 Å². The van der Waals surface area contributed by atoms with Crippen LogP contribution in [-0.4, -0.2) is 44.4 Å². The molecule has 0 radical (unpaired) electrons. The molecule has 0 aliphatic heterocycles.